The molecule has 0 bridgehead atoms. The normalized spacial score (nSPS) is 20.1. The lowest BCUT2D eigenvalue weighted by molar-refractivity contribution is -0.563. The van der Waals surface area contributed by atoms with Crippen LogP contribution in [0.4, 0.5) is 17.8 Å². The van der Waals surface area contributed by atoms with Crippen LogP contribution in [0.3, 0.4) is 0 Å². The molecule has 46 heavy (non-hydrogen) atoms. The molecule has 26 nitrogen and oxygen atoms in total. The number of aromatic nitrogens is 3. The fourth-order valence-electron chi connectivity index (χ4n) is 3.81. The summed E-state index contributed by atoms with van der Waals surface area (Å²) in [7, 11) is 15.9. The second-order valence-corrected chi connectivity index (χ2v) is 7.49. The van der Waals surface area contributed by atoms with Crippen LogP contribution in [0, 0.1) is 0 Å². The SMILES string of the molecule is CON(CO)C1(OC)N=C(N)N(OC)C(OC)(N(CO)OC)N1OC.CON(OC)c1nc(N(OC)OC)nc(N(OC)OC)n1. The Morgan fingerprint density at radius 2 is 0.978 bits per heavy atom. The molecule has 0 aliphatic carbocycles. The summed E-state index contributed by atoms with van der Waals surface area (Å²) in [4.78, 5) is 66.9. The van der Waals surface area contributed by atoms with Crippen molar-refractivity contribution in [2.45, 2.75) is 11.9 Å². The van der Waals surface area contributed by atoms with Crippen LogP contribution in [0.5, 0.6) is 0 Å². The minimum atomic E-state index is -1.97. The quantitative estimate of drug-likeness (QED) is 0.0966. The third-order valence-corrected chi connectivity index (χ3v) is 5.61. The number of anilines is 3. The number of rotatable bonds is 19. The van der Waals surface area contributed by atoms with Crippen LogP contribution < -0.4 is 21.4 Å². The summed E-state index contributed by atoms with van der Waals surface area (Å²) in [6, 6.07) is 0. The molecule has 0 saturated heterocycles. The average Bonchev–Trinajstić information content (AvgIpc) is 3.07. The summed E-state index contributed by atoms with van der Waals surface area (Å²) in [5, 5.41) is 25.9. The number of hydroxylamine groups is 8. The highest BCUT2D eigenvalue weighted by Crippen LogP contribution is 2.40. The molecule has 1 aromatic rings. The molecular weight excluding hydrogens is 632 g/mol. The molecule has 26 heteroatoms. The lowest BCUT2D eigenvalue weighted by Gasteiger charge is -2.57. The van der Waals surface area contributed by atoms with Crippen molar-refractivity contribution in [1.29, 1.82) is 0 Å². The monoisotopic (exact) mass is 676 g/mol. The van der Waals surface area contributed by atoms with Crippen LogP contribution in [0.25, 0.3) is 0 Å². The van der Waals surface area contributed by atoms with E-state index in [1.807, 2.05) is 0 Å². The molecule has 0 fully saturated rings. The fourth-order valence-corrected chi connectivity index (χ4v) is 3.81. The molecule has 1 aromatic heterocycles. The Kier molecular flexibility index (Phi) is 17.5. The van der Waals surface area contributed by atoms with Gasteiger partial charge in [-0.3, -0.25) is 19.4 Å². The highest BCUT2D eigenvalue weighted by atomic mass is 17.0. The van der Waals surface area contributed by atoms with E-state index in [4.69, 9.17) is 63.6 Å². The summed E-state index contributed by atoms with van der Waals surface area (Å²) in [6.07, 6.45) is 0. The molecule has 1 aliphatic rings. The summed E-state index contributed by atoms with van der Waals surface area (Å²) < 4.78 is 11.0. The molecule has 2 atom stereocenters. The van der Waals surface area contributed by atoms with Gasteiger partial charge in [0.1, 0.15) is 13.5 Å². The predicted octanol–water partition coefficient (Wildman–Crippen LogP) is -3.16. The minimum absolute atomic E-state index is 0.0122. The Balaban J connectivity index is 0.000000467. The molecule has 268 valence electrons. The van der Waals surface area contributed by atoms with E-state index < -0.39 is 25.4 Å². The first-order chi connectivity index (χ1) is 22.1. The smallest absolute Gasteiger partial charge is 0.342 e. The zero-order valence-corrected chi connectivity index (χ0v) is 27.7. The molecule has 2 rings (SSSR count). The second kappa shape index (κ2) is 19.6. The number of aliphatic hydroxyl groups excluding tert-OH is 2. The Morgan fingerprint density at radius 1 is 0.587 bits per heavy atom. The molecule has 4 N–H and O–H groups in total. The maximum atomic E-state index is 9.72. The zero-order chi connectivity index (χ0) is 35.1. The first-order valence-electron chi connectivity index (χ1n) is 12.5. The number of hydrogen-bond donors (Lipinski definition) is 3. The lowest BCUT2D eigenvalue weighted by atomic mass is 10.4. The van der Waals surface area contributed by atoms with E-state index in [-0.39, 0.29) is 23.8 Å². The number of aliphatic imine (C=N–C) groups is 1. The van der Waals surface area contributed by atoms with Gasteiger partial charge in [-0.15, -0.1) is 0 Å². The van der Waals surface area contributed by atoms with Crippen LogP contribution >= 0.6 is 0 Å². The molecule has 0 amide bonds. The molecule has 2 unspecified atom stereocenters. The molecule has 1 aliphatic heterocycles. The number of aliphatic hydroxyl groups is 2. The van der Waals surface area contributed by atoms with Crippen molar-refractivity contribution < 1.29 is 68.1 Å². The van der Waals surface area contributed by atoms with E-state index in [1.54, 1.807) is 0 Å². The van der Waals surface area contributed by atoms with Gasteiger partial charge in [-0.2, -0.15) is 25.0 Å². The van der Waals surface area contributed by atoms with Gasteiger partial charge in [0.25, 0.3) is 17.8 Å². The van der Waals surface area contributed by atoms with Gasteiger partial charge in [-0.05, 0) is 0 Å². The van der Waals surface area contributed by atoms with E-state index in [0.29, 0.717) is 0 Å². The Labute approximate surface area is 264 Å². The first-order valence-corrected chi connectivity index (χ1v) is 12.5. The van der Waals surface area contributed by atoms with Crippen molar-refractivity contribution in [2.75, 3.05) is 114 Å². The van der Waals surface area contributed by atoms with Crippen LogP contribution in [-0.2, 0) is 57.8 Å². The summed E-state index contributed by atoms with van der Waals surface area (Å²) >= 11 is 0. The maximum absolute atomic E-state index is 9.72. The van der Waals surface area contributed by atoms with Gasteiger partial charge in [0, 0.05) is 14.2 Å². The van der Waals surface area contributed by atoms with E-state index in [2.05, 4.69) is 19.9 Å². The number of methoxy groups -OCH3 is 2. The van der Waals surface area contributed by atoms with Gasteiger partial charge in [-0.1, -0.05) is 30.9 Å². The molecule has 2 heterocycles. The highest BCUT2D eigenvalue weighted by molar-refractivity contribution is 5.78. The average molecular weight is 677 g/mol. The fraction of sp³-hybridized carbons (Fsp3) is 0.800. The van der Waals surface area contributed by atoms with Gasteiger partial charge in [0.2, 0.25) is 5.96 Å². The van der Waals surface area contributed by atoms with Gasteiger partial charge in [-0.25, -0.2) is 29.0 Å². The van der Waals surface area contributed by atoms with Gasteiger partial charge < -0.3 is 25.4 Å². The number of guanidine groups is 1. The van der Waals surface area contributed by atoms with Crippen molar-refractivity contribution in [3.63, 3.8) is 0 Å². The topological polar surface area (TPSA) is 251 Å². The van der Waals surface area contributed by atoms with Gasteiger partial charge in [0.05, 0.1) is 71.1 Å². The lowest BCUT2D eigenvalue weighted by Crippen LogP contribution is -2.82. The maximum Gasteiger partial charge on any atom is 0.342 e. The van der Waals surface area contributed by atoms with E-state index in [9.17, 15) is 10.2 Å². The number of hydrogen-bond acceptors (Lipinski definition) is 26. The summed E-state index contributed by atoms with van der Waals surface area (Å²) in [6.45, 7) is -1.34. The number of nitrogens with zero attached hydrogens (tertiary/aromatic N) is 11. The van der Waals surface area contributed by atoms with Crippen LogP contribution in [0.15, 0.2) is 4.99 Å². The summed E-state index contributed by atoms with van der Waals surface area (Å²) in [5.74, 6) is -4.17. The van der Waals surface area contributed by atoms with Crippen molar-refractivity contribution in [2.24, 2.45) is 10.7 Å². The summed E-state index contributed by atoms with van der Waals surface area (Å²) in [5.41, 5.74) is 5.98. The van der Waals surface area contributed by atoms with Crippen LogP contribution in [0.2, 0.25) is 0 Å². The van der Waals surface area contributed by atoms with Gasteiger partial charge >= 0.3 is 11.9 Å². The van der Waals surface area contributed by atoms with Crippen molar-refractivity contribution >= 4 is 23.8 Å². The van der Waals surface area contributed by atoms with Crippen LogP contribution in [-0.4, -0.2) is 162 Å². The van der Waals surface area contributed by atoms with E-state index in [1.165, 1.54) is 85.3 Å². The third-order valence-electron chi connectivity index (χ3n) is 5.61. The van der Waals surface area contributed by atoms with Crippen LogP contribution in [0.1, 0.15) is 0 Å². The Morgan fingerprint density at radius 3 is 1.22 bits per heavy atom. The van der Waals surface area contributed by atoms with Crippen molar-refractivity contribution in [3.05, 3.63) is 0 Å². The first kappa shape index (κ1) is 41.0. The van der Waals surface area contributed by atoms with E-state index >= 15 is 0 Å². The van der Waals surface area contributed by atoms with Gasteiger partial charge in [0.15, 0.2) is 0 Å². The third kappa shape index (κ3) is 8.10. The number of nitrogens with two attached hydrogens (primary N) is 1. The molecule has 0 spiro atoms. The number of ether oxygens (including phenoxy) is 2. The molecule has 0 radical (unpaired) electrons. The zero-order valence-electron chi connectivity index (χ0n) is 27.7. The molecular formula is C20H44N12O14. The Bertz CT molecular complexity index is 961. The van der Waals surface area contributed by atoms with Crippen molar-refractivity contribution in [3.8, 4) is 0 Å². The molecule has 0 saturated carbocycles. The standard InChI is InChI=1S/C11H26N6O8.C9H18N6O6/c1-20-10(14(7-18)22-3)13-9(12)16(24-5)11(21-2,17(10)25-6)15(8-19)23-4;1-16-13(17-2)7-10-8(14(18-3)19-4)12-9(11-7)15(20-5)21-6/h18-19H,7-8H2,1-6H3,(H2,12,13);1-6H3. The second-order valence-electron chi connectivity index (χ2n) is 7.49. The van der Waals surface area contributed by atoms with Crippen molar-refractivity contribution in [1.82, 2.24) is 35.2 Å². The largest absolute Gasteiger partial charge is 0.379 e. The van der Waals surface area contributed by atoms with E-state index in [0.717, 1.165) is 35.9 Å². The highest BCUT2D eigenvalue weighted by Gasteiger charge is 2.66. The Hall–Kier alpha value is -3.00. The molecule has 0 aromatic carbocycles. The predicted molar refractivity (Wildman–Crippen MR) is 150 cm³/mol. The minimum Gasteiger partial charge on any atom is -0.379 e.